The quantitative estimate of drug-likeness (QED) is 0.863. The van der Waals surface area contributed by atoms with Crippen LogP contribution in [-0.2, 0) is 0 Å². The van der Waals surface area contributed by atoms with Crippen molar-refractivity contribution in [3.05, 3.63) is 54.4 Å². The van der Waals surface area contributed by atoms with E-state index in [4.69, 9.17) is 4.74 Å². The highest BCUT2D eigenvalue weighted by Gasteiger charge is 2.36. The highest BCUT2D eigenvalue weighted by atomic mass is 16.5. The van der Waals surface area contributed by atoms with Crippen molar-refractivity contribution in [3.8, 4) is 11.5 Å². The van der Waals surface area contributed by atoms with Crippen LogP contribution in [-0.4, -0.2) is 52.4 Å². The van der Waals surface area contributed by atoms with Crippen LogP contribution in [0.15, 0.2) is 48.8 Å². The number of piperazine rings is 1. The fraction of sp³-hybridized carbons (Fsp3) is 0.400. The first-order valence-electron chi connectivity index (χ1n) is 8.93. The van der Waals surface area contributed by atoms with Crippen LogP contribution in [0.4, 0.5) is 0 Å². The molecule has 2 aliphatic rings. The number of carbonyl (C=O) groups excluding carboxylic acids is 1. The molecule has 1 amide bonds. The van der Waals surface area contributed by atoms with Crippen molar-refractivity contribution in [2.45, 2.75) is 31.8 Å². The number of ether oxygens (including phenoxy) is 1. The van der Waals surface area contributed by atoms with Gasteiger partial charge in [-0.05, 0) is 62.7 Å². The standard InChI is InChI=1S/C20H23N3O2/c1-15-13-22-11-3-4-17(22)14-23(15)20(24)16-6-8-18(9-7-16)25-19-5-2-10-21-12-19/h2,5-10,12,15,17H,3-4,11,13-14H2,1H3/t15-,17+/m1/s1. The molecule has 1 aromatic heterocycles. The SMILES string of the molecule is C[C@@H]1CN2CCC[C@H]2CN1C(=O)c1ccc(Oc2cccnc2)cc1. The highest BCUT2D eigenvalue weighted by Crippen LogP contribution is 2.26. The molecule has 1 aromatic carbocycles. The summed E-state index contributed by atoms with van der Waals surface area (Å²) in [6.07, 6.45) is 5.83. The van der Waals surface area contributed by atoms with Gasteiger partial charge in [-0.25, -0.2) is 0 Å². The number of pyridine rings is 1. The van der Waals surface area contributed by atoms with Crippen LogP contribution in [0.5, 0.6) is 11.5 Å². The van der Waals surface area contributed by atoms with E-state index in [1.54, 1.807) is 12.4 Å². The molecule has 0 unspecified atom stereocenters. The van der Waals surface area contributed by atoms with Gasteiger partial charge >= 0.3 is 0 Å². The first kappa shape index (κ1) is 16.1. The van der Waals surface area contributed by atoms with E-state index in [1.165, 1.54) is 19.4 Å². The van der Waals surface area contributed by atoms with E-state index < -0.39 is 0 Å². The van der Waals surface area contributed by atoms with Crippen LogP contribution in [0.25, 0.3) is 0 Å². The number of hydrogen-bond acceptors (Lipinski definition) is 4. The summed E-state index contributed by atoms with van der Waals surface area (Å²) < 4.78 is 5.74. The number of fused-ring (bicyclic) bond motifs is 1. The summed E-state index contributed by atoms with van der Waals surface area (Å²) in [4.78, 5) is 21.5. The van der Waals surface area contributed by atoms with Crippen LogP contribution in [0.1, 0.15) is 30.1 Å². The first-order valence-corrected chi connectivity index (χ1v) is 8.93. The second-order valence-electron chi connectivity index (χ2n) is 6.91. The van der Waals surface area contributed by atoms with Gasteiger partial charge in [0.2, 0.25) is 0 Å². The number of hydrogen-bond donors (Lipinski definition) is 0. The van der Waals surface area contributed by atoms with Crippen molar-refractivity contribution >= 4 is 5.91 Å². The molecule has 2 saturated heterocycles. The maximum atomic E-state index is 12.9. The fourth-order valence-corrected chi connectivity index (χ4v) is 3.85. The second-order valence-corrected chi connectivity index (χ2v) is 6.91. The molecule has 0 spiro atoms. The van der Waals surface area contributed by atoms with Crippen LogP contribution >= 0.6 is 0 Å². The van der Waals surface area contributed by atoms with Crippen LogP contribution in [0.2, 0.25) is 0 Å². The minimum absolute atomic E-state index is 0.118. The monoisotopic (exact) mass is 337 g/mol. The summed E-state index contributed by atoms with van der Waals surface area (Å²) in [6.45, 7) is 5.15. The summed E-state index contributed by atoms with van der Waals surface area (Å²) in [5.74, 6) is 1.51. The fourth-order valence-electron chi connectivity index (χ4n) is 3.85. The molecule has 0 radical (unpaired) electrons. The normalized spacial score (nSPS) is 23.3. The number of carbonyl (C=O) groups is 1. The van der Waals surface area contributed by atoms with Gasteiger partial charge in [-0.2, -0.15) is 0 Å². The molecule has 2 fully saturated rings. The Morgan fingerprint density at radius 2 is 2.00 bits per heavy atom. The summed E-state index contributed by atoms with van der Waals surface area (Å²) in [7, 11) is 0. The molecular formula is C20H23N3O2. The lowest BCUT2D eigenvalue weighted by Crippen LogP contribution is -2.56. The van der Waals surface area contributed by atoms with Gasteiger partial charge < -0.3 is 9.64 Å². The van der Waals surface area contributed by atoms with Crippen molar-refractivity contribution in [1.29, 1.82) is 0 Å². The van der Waals surface area contributed by atoms with Gasteiger partial charge in [0.15, 0.2) is 0 Å². The van der Waals surface area contributed by atoms with Crippen molar-refractivity contribution < 1.29 is 9.53 Å². The zero-order valence-electron chi connectivity index (χ0n) is 14.5. The number of nitrogens with zero attached hydrogens (tertiary/aromatic N) is 3. The summed E-state index contributed by atoms with van der Waals surface area (Å²) in [5.41, 5.74) is 0.719. The Bertz CT molecular complexity index is 732. The number of rotatable bonds is 3. The van der Waals surface area contributed by atoms with E-state index in [2.05, 4.69) is 16.8 Å². The van der Waals surface area contributed by atoms with Gasteiger partial charge in [0.1, 0.15) is 11.5 Å². The van der Waals surface area contributed by atoms with Gasteiger partial charge in [0, 0.05) is 36.9 Å². The summed E-state index contributed by atoms with van der Waals surface area (Å²) in [6, 6.07) is 11.9. The minimum Gasteiger partial charge on any atom is -0.456 e. The second kappa shape index (κ2) is 6.84. The average molecular weight is 337 g/mol. The zero-order chi connectivity index (χ0) is 17.2. The van der Waals surface area contributed by atoms with Gasteiger partial charge in [-0.3, -0.25) is 14.7 Å². The van der Waals surface area contributed by atoms with Crippen molar-refractivity contribution in [2.24, 2.45) is 0 Å². The Balaban J connectivity index is 1.45. The van der Waals surface area contributed by atoms with E-state index in [-0.39, 0.29) is 11.9 Å². The predicted octanol–water partition coefficient (Wildman–Crippen LogP) is 3.18. The molecule has 0 N–H and O–H groups in total. The van der Waals surface area contributed by atoms with E-state index in [1.807, 2.05) is 41.3 Å². The molecule has 0 aliphatic carbocycles. The Morgan fingerprint density at radius 1 is 1.16 bits per heavy atom. The number of benzene rings is 1. The Hall–Kier alpha value is -2.40. The number of aromatic nitrogens is 1. The average Bonchev–Trinajstić information content (AvgIpc) is 3.09. The highest BCUT2D eigenvalue weighted by molar-refractivity contribution is 5.94. The van der Waals surface area contributed by atoms with Crippen molar-refractivity contribution in [3.63, 3.8) is 0 Å². The Labute approximate surface area is 148 Å². The van der Waals surface area contributed by atoms with Gasteiger partial charge in [-0.1, -0.05) is 0 Å². The lowest BCUT2D eigenvalue weighted by molar-refractivity contribution is 0.0395. The lowest BCUT2D eigenvalue weighted by Gasteiger charge is -2.42. The molecule has 0 saturated carbocycles. The third kappa shape index (κ3) is 3.37. The topological polar surface area (TPSA) is 45.7 Å². The Kier molecular flexibility index (Phi) is 4.40. The molecule has 2 aromatic rings. The van der Waals surface area contributed by atoms with E-state index in [9.17, 15) is 4.79 Å². The summed E-state index contributed by atoms with van der Waals surface area (Å²) >= 11 is 0. The molecule has 2 atom stereocenters. The largest absolute Gasteiger partial charge is 0.456 e. The third-order valence-electron chi connectivity index (χ3n) is 5.17. The maximum absolute atomic E-state index is 12.9. The number of amides is 1. The molecule has 2 aliphatic heterocycles. The molecular weight excluding hydrogens is 314 g/mol. The summed E-state index contributed by atoms with van der Waals surface area (Å²) in [5, 5.41) is 0. The van der Waals surface area contributed by atoms with E-state index in [0.717, 1.165) is 18.7 Å². The van der Waals surface area contributed by atoms with Crippen LogP contribution in [0, 0.1) is 0 Å². The smallest absolute Gasteiger partial charge is 0.254 e. The van der Waals surface area contributed by atoms with Crippen LogP contribution in [0.3, 0.4) is 0 Å². The Morgan fingerprint density at radius 3 is 2.76 bits per heavy atom. The molecule has 130 valence electrons. The molecule has 4 rings (SSSR count). The van der Waals surface area contributed by atoms with Gasteiger partial charge in [0.05, 0.1) is 6.20 Å². The zero-order valence-corrected chi connectivity index (χ0v) is 14.5. The molecule has 25 heavy (non-hydrogen) atoms. The molecule has 3 heterocycles. The lowest BCUT2D eigenvalue weighted by atomic mass is 10.1. The van der Waals surface area contributed by atoms with Gasteiger partial charge in [-0.15, -0.1) is 0 Å². The molecule has 5 heteroatoms. The third-order valence-corrected chi connectivity index (χ3v) is 5.17. The maximum Gasteiger partial charge on any atom is 0.254 e. The van der Waals surface area contributed by atoms with Crippen LogP contribution < -0.4 is 4.74 Å². The predicted molar refractivity (Wildman–Crippen MR) is 95.8 cm³/mol. The minimum atomic E-state index is 0.118. The van der Waals surface area contributed by atoms with Gasteiger partial charge in [0.25, 0.3) is 5.91 Å². The van der Waals surface area contributed by atoms with E-state index >= 15 is 0 Å². The first-order chi connectivity index (χ1) is 12.2. The van der Waals surface area contributed by atoms with Crippen molar-refractivity contribution in [2.75, 3.05) is 19.6 Å². The van der Waals surface area contributed by atoms with Crippen molar-refractivity contribution in [1.82, 2.24) is 14.8 Å². The van der Waals surface area contributed by atoms with E-state index in [0.29, 0.717) is 17.5 Å². The molecule has 5 nitrogen and oxygen atoms in total. The molecule has 0 bridgehead atoms.